The van der Waals surface area contributed by atoms with Crippen LogP contribution in [0.2, 0.25) is 0 Å². The first-order valence-corrected chi connectivity index (χ1v) is 9.66. The molecule has 2 saturated heterocycles. The Hall–Kier alpha value is -1.43. The lowest BCUT2D eigenvalue weighted by Gasteiger charge is -2.29. The molecule has 3 N–H and O–H groups in total. The molecule has 1 atom stereocenters. The van der Waals surface area contributed by atoms with Crippen molar-refractivity contribution in [3.8, 4) is 0 Å². The molecule has 0 aromatic heterocycles. The first kappa shape index (κ1) is 17.0. The maximum absolute atomic E-state index is 12.6. The molecule has 1 saturated carbocycles. The molecule has 1 spiro atoms. The summed E-state index contributed by atoms with van der Waals surface area (Å²) < 4.78 is 0. The van der Waals surface area contributed by atoms with Crippen molar-refractivity contribution >= 4 is 11.6 Å². The minimum absolute atomic E-state index is 0.136. The van der Waals surface area contributed by atoms with Gasteiger partial charge in [-0.15, -0.1) is 0 Å². The number of hydrogen-bond acceptors (Lipinski definition) is 4. The summed E-state index contributed by atoms with van der Waals surface area (Å²) in [5, 5.41) is 16.1. The molecule has 1 amide bonds. The van der Waals surface area contributed by atoms with Crippen molar-refractivity contribution in [2.75, 3.05) is 31.5 Å². The molecule has 0 radical (unpaired) electrons. The van der Waals surface area contributed by atoms with E-state index in [1.54, 1.807) is 0 Å². The minimum Gasteiger partial charge on any atom is -0.393 e. The van der Waals surface area contributed by atoms with Crippen molar-refractivity contribution in [1.82, 2.24) is 10.2 Å². The lowest BCUT2D eigenvalue weighted by Crippen LogP contribution is -2.35. The molecule has 2 heterocycles. The average molecular weight is 343 g/mol. The third-order valence-electron chi connectivity index (χ3n) is 6.26. The van der Waals surface area contributed by atoms with Crippen molar-refractivity contribution in [3.63, 3.8) is 0 Å². The van der Waals surface area contributed by atoms with Crippen LogP contribution in [0.3, 0.4) is 0 Å². The van der Waals surface area contributed by atoms with Crippen LogP contribution in [-0.4, -0.2) is 48.2 Å². The van der Waals surface area contributed by atoms with Crippen LogP contribution in [0.5, 0.6) is 0 Å². The summed E-state index contributed by atoms with van der Waals surface area (Å²) in [6.07, 6.45) is 4.89. The van der Waals surface area contributed by atoms with Crippen molar-refractivity contribution in [2.45, 2.75) is 44.8 Å². The zero-order valence-corrected chi connectivity index (χ0v) is 14.8. The number of nitrogens with one attached hydrogen (secondary N) is 2. The zero-order chi connectivity index (χ0) is 17.3. The van der Waals surface area contributed by atoms with E-state index < -0.39 is 0 Å². The van der Waals surface area contributed by atoms with Gasteiger partial charge in [-0.3, -0.25) is 9.69 Å². The van der Waals surface area contributed by atoms with E-state index in [-0.39, 0.29) is 23.3 Å². The van der Waals surface area contributed by atoms with Crippen molar-refractivity contribution in [3.05, 3.63) is 29.8 Å². The van der Waals surface area contributed by atoms with Crippen LogP contribution in [0.4, 0.5) is 5.69 Å². The Balaban J connectivity index is 1.33. The highest BCUT2D eigenvalue weighted by Gasteiger charge is 2.57. The van der Waals surface area contributed by atoms with Gasteiger partial charge < -0.3 is 15.7 Å². The summed E-state index contributed by atoms with van der Waals surface area (Å²) in [5.41, 5.74) is 2.42. The van der Waals surface area contributed by atoms with Gasteiger partial charge in [-0.05, 0) is 68.3 Å². The Bertz CT molecular complexity index is 619. The zero-order valence-electron chi connectivity index (χ0n) is 14.8. The Kier molecular flexibility index (Phi) is 4.80. The Morgan fingerprint density at radius 2 is 2.04 bits per heavy atom. The molecule has 1 aromatic carbocycles. The maximum Gasteiger partial charge on any atom is 0.228 e. The normalized spacial score (nSPS) is 26.5. The van der Waals surface area contributed by atoms with Gasteiger partial charge in [0, 0.05) is 31.2 Å². The predicted octanol–water partition coefficient (Wildman–Crippen LogP) is 1.97. The summed E-state index contributed by atoms with van der Waals surface area (Å²) >= 11 is 0. The topological polar surface area (TPSA) is 64.6 Å². The summed E-state index contributed by atoms with van der Waals surface area (Å²) in [6.45, 7) is 4.86. The summed E-state index contributed by atoms with van der Waals surface area (Å²) in [7, 11) is 0. The number of rotatable bonds is 4. The molecule has 3 aliphatic rings. The second-order valence-electron chi connectivity index (χ2n) is 8.07. The van der Waals surface area contributed by atoms with Gasteiger partial charge >= 0.3 is 0 Å². The fourth-order valence-corrected chi connectivity index (χ4v) is 4.51. The monoisotopic (exact) mass is 343 g/mol. The number of piperidine rings is 2. The maximum atomic E-state index is 12.6. The fraction of sp³-hybridized carbons (Fsp3) is 0.650. The molecule has 3 fully saturated rings. The quantitative estimate of drug-likeness (QED) is 0.782. The number of benzene rings is 1. The third kappa shape index (κ3) is 3.89. The number of likely N-dealkylation sites (tertiary alicyclic amines) is 1. The summed E-state index contributed by atoms with van der Waals surface area (Å²) in [5.74, 6) is 0.391. The van der Waals surface area contributed by atoms with Gasteiger partial charge in [0.05, 0.1) is 6.10 Å². The first-order valence-electron chi connectivity index (χ1n) is 9.66. The number of nitrogens with zero attached hydrogens (tertiary/aromatic N) is 1. The highest BCUT2D eigenvalue weighted by molar-refractivity contribution is 5.95. The Morgan fingerprint density at radius 1 is 1.28 bits per heavy atom. The van der Waals surface area contributed by atoms with E-state index in [4.69, 9.17) is 0 Å². The van der Waals surface area contributed by atoms with Gasteiger partial charge in [-0.25, -0.2) is 0 Å². The largest absolute Gasteiger partial charge is 0.393 e. The number of hydrogen-bond donors (Lipinski definition) is 3. The van der Waals surface area contributed by atoms with E-state index in [0.29, 0.717) is 0 Å². The molecule has 25 heavy (non-hydrogen) atoms. The standard InChI is InChI=1S/C20H29N3O2/c24-17-4-10-23(11-5-17)14-15-2-1-3-16(12-15)22-19(25)18-13-20(18)6-8-21-9-7-20/h1-3,12,17-18,21,24H,4-11,13-14H2,(H,22,25). The SMILES string of the molecule is O=C(Nc1cccc(CN2CCC(O)CC2)c1)C1CC12CCNCC2. The van der Waals surface area contributed by atoms with Gasteiger partial charge in [-0.2, -0.15) is 0 Å². The average Bonchev–Trinajstić information content (AvgIpc) is 3.31. The highest BCUT2D eigenvalue weighted by atomic mass is 16.3. The van der Waals surface area contributed by atoms with Crippen LogP contribution in [-0.2, 0) is 11.3 Å². The second kappa shape index (κ2) is 7.06. The molecule has 5 nitrogen and oxygen atoms in total. The lowest BCUT2D eigenvalue weighted by molar-refractivity contribution is -0.118. The Labute approximate surface area is 149 Å². The first-order chi connectivity index (χ1) is 12.1. The van der Waals surface area contributed by atoms with Gasteiger partial charge in [0.25, 0.3) is 0 Å². The van der Waals surface area contributed by atoms with E-state index in [1.165, 1.54) is 5.56 Å². The molecule has 4 rings (SSSR count). The van der Waals surface area contributed by atoms with Gasteiger partial charge in [-0.1, -0.05) is 12.1 Å². The van der Waals surface area contributed by atoms with E-state index in [1.807, 2.05) is 12.1 Å². The van der Waals surface area contributed by atoms with Crippen LogP contribution < -0.4 is 10.6 Å². The predicted molar refractivity (Wildman–Crippen MR) is 98.2 cm³/mol. The van der Waals surface area contributed by atoms with Crippen molar-refractivity contribution < 1.29 is 9.90 Å². The molecular weight excluding hydrogens is 314 g/mol. The smallest absolute Gasteiger partial charge is 0.228 e. The second-order valence-corrected chi connectivity index (χ2v) is 8.07. The van der Waals surface area contributed by atoms with Crippen LogP contribution in [0, 0.1) is 11.3 Å². The van der Waals surface area contributed by atoms with Crippen LogP contribution in [0.15, 0.2) is 24.3 Å². The molecule has 1 aliphatic carbocycles. The minimum atomic E-state index is -0.136. The van der Waals surface area contributed by atoms with E-state index in [9.17, 15) is 9.90 Å². The highest BCUT2D eigenvalue weighted by Crippen LogP contribution is 2.58. The fourth-order valence-electron chi connectivity index (χ4n) is 4.51. The number of amides is 1. The molecular formula is C20H29N3O2. The number of anilines is 1. The number of carbonyl (C=O) groups excluding carboxylic acids is 1. The number of aliphatic hydroxyl groups excluding tert-OH is 1. The molecule has 136 valence electrons. The van der Waals surface area contributed by atoms with Crippen molar-refractivity contribution in [2.24, 2.45) is 11.3 Å². The molecule has 0 bridgehead atoms. The van der Waals surface area contributed by atoms with E-state index >= 15 is 0 Å². The third-order valence-corrected chi connectivity index (χ3v) is 6.26. The van der Waals surface area contributed by atoms with Crippen molar-refractivity contribution in [1.29, 1.82) is 0 Å². The number of carbonyl (C=O) groups is 1. The van der Waals surface area contributed by atoms with E-state index in [2.05, 4.69) is 27.7 Å². The summed E-state index contributed by atoms with van der Waals surface area (Å²) in [4.78, 5) is 15.0. The molecule has 5 heteroatoms. The van der Waals surface area contributed by atoms with Gasteiger partial charge in [0.2, 0.25) is 5.91 Å². The van der Waals surface area contributed by atoms with E-state index in [0.717, 1.165) is 70.5 Å². The van der Waals surface area contributed by atoms with Gasteiger partial charge in [0.15, 0.2) is 0 Å². The van der Waals surface area contributed by atoms with Crippen LogP contribution in [0.1, 0.15) is 37.7 Å². The van der Waals surface area contributed by atoms with Gasteiger partial charge in [0.1, 0.15) is 0 Å². The molecule has 1 aromatic rings. The van der Waals surface area contributed by atoms with Crippen LogP contribution >= 0.6 is 0 Å². The Morgan fingerprint density at radius 3 is 2.80 bits per heavy atom. The summed E-state index contributed by atoms with van der Waals surface area (Å²) in [6, 6.07) is 8.22. The number of aliphatic hydroxyl groups is 1. The lowest BCUT2D eigenvalue weighted by atomic mass is 9.92. The molecule has 1 unspecified atom stereocenters. The molecule has 2 aliphatic heterocycles. The van der Waals surface area contributed by atoms with Crippen LogP contribution in [0.25, 0.3) is 0 Å².